The number of sulfonamides is 1. The van der Waals surface area contributed by atoms with Crippen LogP contribution in [0.5, 0.6) is 0 Å². The van der Waals surface area contributed by atoms with E-state index < -0.39 is 10.0 Å². The van der Waals surface area contributed by atoms with Gasteiger partial charge in [-0.15, -0.1) is 0 Å². The molecule has 0 atom stereocenters. The van der Waals surface area contributed by atoms with E-state index in [1.165, 1.54) is 0 Å². The molecule has 2 aromatic rings. The Kier molecular flexibility index (Phi) is 3.85. The van der Waals surface area contributed by atoms with Gasteiger partial charge in [0.2, 0.25) is 0 Å². The topological polar surface area (TPSA) is 64.0 Å². The van der Waals surface area contributed by atoms with Crippen LogP contribution in [-0.2, 0) is 10.0 Å². The zero-order valence-corrected chi connectivity index (χ0v) is 12.9. The summed E-state index contributed by atoms with van der Waals surface area (Å²) in [6.45, 7) is 7.74. The van der Waals surface area contributed by atoms with Crippen LogP contribution in [0.2, 0.25) is 0 Å². The van der Waals surface area contributed by atoms with E-state index in [9.17, 15) is 8.42 Å². The van der Waals surface area contributed by atoms with Crippen LogP contribution in [0.1, 0.15) is 31.0 Å². The van der Waals surface area contributed by atoms with Gasteiger partial charge in [-0.25, -0.2) is 13.1 Å². The van der Waals surface area contributed by atoms with Crippen molar-refractivity contribution >= 4 is 15.8 Å². The molecule has 1 aromatic carbocycles. The Labute approximate surface area is 119 Å². The average Bonchev–Trinajstić information content (AvgIpc) is 2.80. The van der Waals surface area contributed by atoms with Gasteiger partial charge in [0.25, 0.3) is 10.0 Å². The summed E-state index contributed by atoms with van der Waals surface area (Å²) in [5, 5.41) is 4.11. The maximum absolute atomic E-state index is 12.4. The lowest BCUT2D eigenvalue weighted by Gasteiger charge is -2.13. The van der Waals surface area contributed by atoms with Crippen LogP contribution < -0.4 is 4.72 Å². The Hall–Kier alpha value is -1.82. The first-order valence-corrected chi connectivity index (χ1v) is 7.93. The van der Waals surface area contributed by atoms with E-state index in [1.54, 1.807) is 29.1 Å². The predicted octanol–water partition coefficient (Wildman–Crippen LogP) is 2.88. The summed E-state index contributed by atoms with van der Waals surface area (Å²) in [6, 6.07) is 6.83. The number of hydrogen-bond acceptors (Lipinski definition) is 3. The fourth-order valence-corrected chi connectivity index (χ4v) is 3.02. The summed E-state index contributed by atoms with van der Waals surface area (Å²) in [4.78, 5) is 0.261. The van der Waals surface area contributed by atoms with Crippen molar-refractivity contribution in [3.05, 3.63) is 41.6 Å². The van der Waals surface area contributed by atoms with Gasteiger partial charge in [0.05, 0.1) is 11.1 Å². The lowest BCUT2D eigenvalue weighted by molar-refractivity contribution is 0.539. The van der Waals surface area contributed by atoms with Gasteiger partial charge in [-0.05, 0) is 51.0 Å². The summed E-state index contributed by atoms with van der Waals surface area (Å²) in [6.07, 6.45) is 1.58. The minimum absolute atomic E-state index is 0.0856. The maximum Gasteiger partial charge on any atom is 0.263 e. The normalized spacial score (nSPS) is 11.8. The number of nitrogens with zero attached hydrogens (tertiary/aromatic N) is 2. The molecule has 1 heterocycles. The van der Waals surface area contributed by atoms with Crippen molar-refractivity contribution in [2.75, 3.05) is 4.72 Å². The van der Waals surface area contributed by atoms with Crippen LogP contribution in [-0.4, -0.2) is 18.2 Å². The maximum atomic E-state index is 12.4. The van der Waals surface area contributed by atoms with Crippen molar-refractivity contribution in [1.82, 2.24) is 9.78 Å². The second kappa shape index (κ2) is 5.28. The fourth-order valence-electron chi connectivity index (χ4n) is 1.88. The molecule has 108 valence electrons. The van der Waals surface area contributed by atoms with E-state index >= 15 is 0 Å². The molecule has 2 rings (SSSR count). The molecule has 0 fully saturated rings. The minimum atomic E-state index is -3.59. The SMILES string of the molecule is Cc1ccc(S(=O)(=O)Nc2ccnn2C(C)C)cc1C. The standard InChI is InChI=1S/C14H19N3O2S/c1-10(2)17-14(7-8-15-17)16-20(18,19)13-6-5-11(3)12(4)9-13/h5-10,16H,1-4H3. The predicted molar refractivity (Wildman–Crippen MR) is 79.3 cm³/mol. The highest BCUT2D eigenvalue weighted by Gasteiger charge is 2.17. The molecule has 0 saturated carbocycles. The van der Waals surface area contributed by atoms with Gasteiger partial charge in [-0.2, -0.15) is 5.10 Å². The van der Waals surface area contributed by atoms with Crippen molar-refractivity contribution in [2.24, 2.45) is 0 Å². The number of anilines is 1. The molecule has 0 aliphatic heterocycles. The van der Waals surface area contributed by atoms with Crippen LogP contribution in [0.15, 0.2) is 35.4 Å². The molecule has 20 heavy (non-hydrogen) atoms. The van der Waals surface area contributed by atoms with Gasteiger partial charge in [-0.3, -0.25) is 4.72 Å². The number of aromatic nitrogens is 2. The van der Waals surface area contributed by atoms with Gasteiger partial charge in [0.1, 0.15) is 5.82 Å². The largest absolute Gasteiger partial charge is 0.264 e. The Bertz CT molecular complexity index is 718. The summed E-state index contributed by atoms with van der Waals surface area (Å²) >= 11 is 0. The Morgan fingerprint density at radius 3 is 2.45 bits per heavy atom. The fraction of sp³-hybridized carbons (Fsp3) is 0.357. The second-order valence-corrected chi connectivity index (χ2v) is 6.79. The number of hydrogen-bond donors (Lipinski definition) is 1. The molecule has 5 nitrogen and oxygen atoms in total. The highest BCUT2D eigenvalue weighted by atomic mass is 32.2. The van der Waals surface area contributed by atoms with E-state index in [0.717, 1.165) is 11.1 Å². The molecule has 1 N–H and O–H groups in total. The molecule has 0 aliphatic rings. The summed E-state index contributed by atoms with van der Waals surface area (Å²) in [7, 11) is -3.59. The lowest BCUT2D eigenvalue weighted by atomic mass is 10.1. The highest BCUT2D eigenvalue weighted by molar-refractivity contribution is 7.92. The molecule has 0 radical (unpaired) electrons. The molecular weight excluding hydrogens is 274 g/mol. The third-order valence-corrected chi connectivity index (χ3v) is 4.54. The van der Waals surface area contributed by atoms with Crippen LogP contribution in [0, 0.1) is 13.8 Å². The molecule has 0 bridgehead atoms. The van der Waals surface area contributed by atoms with E-state index in [2.05, 4.69) is 9.82 Å². The lowest BCUT2D eigenvalue weighted by Crippen LogP contribution is -2.17. The molecule has 0 amide bonds. The smallest absolute Gasteiger partial charge is 0.263 e. The van der Waals surface area contributed by atoms with Gasteiger partial charge in [0.15, 0.2) is 0 Å². The van der Waals surface area contributed by atoms with Gasteiger partial charge in [-0.1, -0.05) is 6.07 Å². The monoisotopic (exact) mass is 293 g/mol. The third kappa shape index (κ3) is 2.85. The first kappa shape index (κ1) is 14.6. The van der Waals surface area contributed by atoms with Crippen molar-refractivity contribution in [3.8, 4) is 0 Å². The zero-order valence-electron chi connectivity index (χ0n) is 12.1. The molecule has 0 unspecified atom stereocenters. The van der Waals surface area contributed by atoms with Gasteiger partial charge in [0, 0.05) is 12.1 Å². The molecule has 0 aliphatic carbocycles. The molecule has 6 heteroatoms. The number of rotatable bonds is 4. The molecule has 1 aromatic heterocycles. The second-order valence-electron chi connectivity index (χ2n) is 5.11. The molecule has 0 saturated heterocycles. The highest BCUT2D eigenvalue weighted by Crippen LogP contribution is 2.20. The minimum Gasteiger partial charge on any atom is -0.264 e. The number of nitrogens with one attached hydrogen (secondary N) is 1. The summed E-state index contributed by atoms with van der Waals surface area (Å²) in [5.41, 5.74) is 2.02. The quantitative estimate of drug-likeness (QED) is 0.942. The molecule has 0 spiro atoms. The van der Waals surface area contributed by atoms with Crippen LogP contribution in [0.3, 0.4) is 0 Å². The van der Waals surface area contributed by atoms with E-state index in [-0.39, 0.29) is 10.9 Å². The Morgan fingerprint density at radius 1 is 1.15 bits per heavy atom. The number of benzene rings is 1. The van der Waals surface area contributed by atoms with E-state index in [1.807, 2.05) is 33.8 Å². The summed E-state index contributed by atoms with van der Waals surface area (Å²) in [5.74, 6) is 0.471. The first-order valence-electron chi connectivity index (χ1n) is 6.45. The van der Waals surface area contributed by atoms with E-state index in [0.29, 0.717) is 5.82 Å². The van der Waals surface area contributed by atoms with Gasteiger partial charge < -0.3 is 0 Å². The van der Waals surface area contributed by atoms with Gasteiger partial charge >= 0.3 is 0 Å². The Morgan fingerprint density at radius 2 is 1.85 bits per heavy atom. The van der Waals surface area contributed by atoms with Crippen molar-refractivity contribution in [3.63, 3.8) is 0 Å². The van der Waals surface area contributed by atoms with Crippen LogP contribution >= 0.6 is 0 Å². The Balaban J connectivity index is 2.36. The van der Waals surface area contributed by atoms with Crippen molar-refractivity contribution in [2.45, 2.75) is 38.6 Å². The average molecular weight is 293 g/mol. The van der Waals surface area contributed by atoms with Crippen molar-refractivity contribution in [1.29, 1.82) is 0 Å². The van der Waals surface area contributed by atoms with Crippen LogP contribution in [0.25, 0.3) is 0 Å². The molecular formula is C14H19N3O2S. The van der Waals surface area contributed by atoms with E-state index in [4.69, 9.17) is 0 Å². The zero-order chi connectivity index (χ0) is 14.9. The first-order chi connectivity index (χ1) is 9.31. The summed E-state index contributed by atoms with van der Waals surface area (Å²) < 4.78 is 29.0. The van der Waals surface area contributed by atoms with Crippen LogP contribution in [0.4, 0.5) is 5.82 Å². The third-order valence-electron chi connectivity index (χ3n) is 3.19. The van der Waals surface area contributed by atoms with Crippen molar-refractivity contribution < 1.29 is 8.42 Å². The number of aryl methyl sites for hydroxylation is 2.